The zero-order chi connectivity index (χ0) is 11.1. The Kier molecular flexibility index (Phi) is 2.41. The summed E-state index contributed by atoms with van der Waals surface area (Å²) >= 11 is 0. The van der Waals surface area contributed by atoms with Crippen molar-refractivity contribution in [3.8, 4) is 0 Å². The van der Waals surface area contributed by atoms with Crippen molar-refractivity contribution in [3.63, 3.8) is 0 Å². The predicted molar refractivity (Wildman–Crippen MR) is 46.1 cm³/mol. The lowest BCUT2D eigenvalue weighted by molar-refractivity contribution is -0.147. The van der Waals surface area contributed by atoms with Crippen LogP contribution in [0.15, 0.2) is 0 Å². The normalized spacial score (nSPS) is 22.3. The number of hydrogen-bond acceptors (Lipinski definition) is 3. The van der Waals surface area contributed by atoms with E-state index < -0.39 is 12.0 Å². The third-order valence-corrected chi connectivity index (χ3v) is 2.43. The van der Waals surface area contributed by atoms with Gasteiger partial charge < -0.3 is 9.88 Å². The molecule has 1 atom stereocenters. The summed E-state index contributed by atoms with van der Waals surface area (Å²) in [4.78, 5) is 0. The third kappa shape index (κ3) is 1.83. The van der Waals surface area contributed by atoms with Crippen LogP contribution in [0.4, 0.5) is 13.2 Å². The van der Waals surface area contributed by atoms with Crippen molar-refractivity contribution < 1.29 is 13.2 Å². The van der Waals surface area contributed by atoms with Crippen LogP contribution in [0, 0.1) is 0 Å². The highest BCUT2D eigenvalue weighted by Gasteiger charge is 2.39. The van der Waals surface area contributed by atoms with E-state index in [0.29, 0.717) is 25.3 Å². The molecule has 1 aromatic heterocycles. The van der Waals surface area contributed by atoms with Crippen molar-refractivity contribution >= 4 is 0 Å². The van der Waals surface area contributed by atoms with Crippen molar-refractivity contribution in [1.29, 1.82) is 0 Å². The third-order valence-electron chi connectivity index (χ3n) is 2.43. The van der Waals surface area contributed by atoms with E-state index in [4.69, 9.17) is 0 Å². The van der Waals surface area contributed by atoms with Gasteiger partial charge in [-0.15, -0.1) is 10.2 Å². The van der Waals surface area contributed by atoms with Gasteiger partial charge in [0.1, 0.15) is 5.82 Å². The fraction of sp³-hybridized carbons (Fsp3) is 0.750. The molecule has 0 saturated carbocycles. The van der Waals surface area contributed by atoms with Crippen LogP contribution in [-0.2, 0) is 12.7 Å². The summed E-state index contributed by atoms with van der Waals surface area (Å²) in [6.07, 6.45) is -3.77. The van der Waals surface area contributed by atoms with E-state index in [1.807, 2.05) is 0 Å². The van der Waals surface area contributed by atoms with E-state index in [-0.39, 0.29) is 6.04 Å². The Hall–Kier alpha value is -1.11. The fourth-order valence-corrected chi connectivity index (χ4v) is 1.71. The van der Waals surface area contributed by atoms with E-state index in [0.717, 1.165) is 4.57 Å². The molecule has 2 rings (SSSR count). The summed E-state index contributed by atoms with van der Waals surface area (Å²) in [5, 5.41) is 9.88. The first kappa shape index (κ1) is 10.4. The van der Waals surface area contributed by atoms with Crippen LogP contribution < -0.4 is 5.32 Å². The Morgan fingerprint density at radius 3 is 2.80 bits per heavy atom. The minimum atomic E-state index is -4.42. The van der Waals surface area contributed by atoms with E-state index in [1.54, 1.807) is 6.92 Å². The maximum Gasteiger partial charge on any atom is 0.451 e. The predicted octanol–water partition coefficient (Wildman–Crippen LogP) is 1.35. The monoisotopic (exact) mass is 220 g/mol. The van der Waals surface area contributed by atoms with Gasteiger partial charge in [0.25, 0.3) is 0 Å². The van der Waals surface area contributed by atoms with E-state index in [2.05, 4.69) is 15.5 Å². The molecular formula is C8H11F3N4. The Balaban J connectivity index is 2.44. The highest BCUT2D eigenvalue weighted by atomic mass is 19.4. The quantitative estimate of drug-likeness (QED) is 0.717. The Morgan fingerprint density at radius 1 is 1.40 bits per heavy atom. The molecule has 2 heterocycles. The molecule has 7 heteroatoms. The second kappa shape index (κ2) is 3.48. The molecule has 0 bridgehead atoms. The number of alkyl halides is 3. The number of nitrogens with one attached hydrogen (secondary N) is 1. The second-order valence-corrected chi connectivity index (χ2v) is 3.56. The summed E-state index contributed by atoms with van der Waals surface area (Å²) in [6, 6.07) is -0.184. The van der Waals surface area contributed by atoms with Gasteiger partial charge in [0.2, 0.25) is 5.82 Å². The SMILES string of the molecule is CC1NCCCn2c1nnc2C(F)(F)F. The van der Waals surface area contributed by atoms with Crippen LogP contribution >= 0.6 is 0 Å². The maximum absolute atomic E-state index is 12.5. The molecule has 0 amide bonds. The molecule has 0 radical (unpaired) electrons. The van der Waals surface area contributed by atoms with Crippen LogP contribution in [0.25, 0.3) is 0 Å². The number of rotatable bonds is 0. The summed E-state index contributed by atoms with van der Waals surface area (Å²) < 4.78 is 38.7. The molecule has 0 aliphatic carbocycles. The van der Waals surface area contributed by atoms with Gasteiger partial charge in [-0.25, -0.2) is 0 Å². The highest BCUT2D eigenvalue weighted by molar-refractivity contribution is 5.04. The molecule has 84 valence electrons. The summed E-state index contributed by atoms with van der Waals surface area (Å²) in [6.45, 7) is 2.79. The Labute approximate surface area is 84.5 Å². The van der Waals surface area contributed by atoms with Gasteiger partial charge in [-0.3, -0.25) is 0 Å². The fourth-order valence-electron chi connectivity index (χ4n) is 1.71. The van der Waals surface area contributed by atoms with Crippen LogP contribution in [0.2, 0.25) is 0 Å². The van der Waals surface area contributed by atoms with Crippen molar-refractivity contribution in [2.24, 2.45) is 0 Å². The molecule has 0 spiro atoms. The van der Waals surface area contributed by atoms with Gasteiger partial charge in [-0.1, -0.05) is 0 Å². The van der Waals surface area contributed by atoms with Gasteiger partial charge in [0.05, 0.1) is 6.04 Å². The van der Waals surface area contributed by atoms with Gasteiger partial charge >= 0.3 is 6.18 Å². The topological polar surface area (TPSA) is 42.7 Å². The van der Waals surface area contributed by atoms with Crippen molar-refractivity contribution in [2.45, 2.75) is 32.1 Å². The minimum Gasteiger partial charge on any atom is -0.307 e. The molecule has 1 aromatic rings. The number of fused-ring (bicyclic) bond motifs is 1. The maximum atomic E-state index is 12.5. The minimum absolute atomic E-state index is 0.184. The molecule has 1 N–H and O–H groups in total. The smallest absolute Gasteiger partial charge is 0.307 e. The number of aromatic nitrogens is 3. The molecule has 0 fully saturated rings. The van der Waals surface area contributed by atoms with Crippen molar-refractivity contribution in [1.82, 2.24) is 20.1 Å². The first-order chi connectivity index (χ1) is 7.00. The number of halogens is 3. The van der Waals surface area contributed by atoms with Crippen LogP contribution in [-0.4, -0.2) is 21.3 Å². The zero-order valence-electron chi connectivity index (χ0n) is 8.17. The molecule has 0 aromatic carbocycles. The van der Waals surface area contributed by atoms with Crippen LogP contribution in [0.5, 0.6) is 0 Å². The van der Waals surface area contributed by atoms with Crippen molar-refractivity contribution in [3.05, 3.63) is 11.6 Å². The Morgan fingerprint density at radius 2 is 2.13 bits per heavy atom. The van der Waals surface area contributed by atoms with Gasteiger partial charge in [-0.2, -0.15) is 13.2 Å². The first-order valence-electron chi connectivity index (χ1n) is 4.74. The lowest BCUT2D eigenvalue weighted by Crippen LogP contribution is -2.19. The number of nitrogens with zero attached hydrogens (tertiary/aromatic N) is 3. The average molecular weight is 220 g/mol. The molecule has 0 saturated heterocycles. The summed E-state index contributed by atoms with van der Waals surface area (Å²) in [5.41, 5.74) is 0. The van der Waals surface area contributed by atoms with Gasteiger partial charge in [0, 0.05) is 6.54 Å². The molecule has 4 nitrogen and oxygen atoms in total. The van der Waals surface area contributed by atoms with Gasteiger partial charge in [-0.05, 0) is 19.9 Å². The number of hydrogen-bond donors (Lipinski definition) is 1. The van der Waals surface area contributed by atoms with E-state index in [9.17, 15) is 13.2 Å². The first-order valence-corrected chi connectivity index (χ1v) is 4.74. The highest BCUT2D eigenvalue weighted by Crippen LogP contribution is 2.30. The summed E-state index contributed by atoms with van der Waals surface area (Å²) in [7, 11) is 0. The van der Waals surface area contributed by atoms with Crippen LogP contribution in [0.1, 0.15) is 31.0 Å². The lowest BCUT2D eigenvalue weighted by Gasteiger charge is -2.10. The molecule has 1 aliphatic rings. The van der Waals surface area contributed by atoms with E-state index >= 15 is 0 Å². The molecular weight excluding hydrogens is 209 g/mol. The summed E-state index contributed by atoms with van der Waals surface area (Å²) in [5.74, 6) is -0.534. The van der Waals surface area contributed by atoms with Crippen LogP contribution in [0.3, 0.4) is 0 Å². The molecule has 1 unspecified atom stereocenters. The lowest BCUT2D eigenvalue weighted by atomic mass is 10.3. The second-order valence-electron chi connectivity index (χ2n) is 3.56. The van der Waals surface area contributed by atoms with Crippen molar-refractivity contribution in [2.75, 3.05) is 6.54 Å². The molecule has 15 heavy (non-hydrogen) atoms. The van der Waals surface area contributed by atoms with Gasteiger partial charge in [0.15, 0.2) is 0 Å². The standard InChI is InChI=1S/C8H11F3N4/c1-5-6-13-14-7(8(9,10)11)15(6)4-2-3-12-5/h5,12H,2-4H2,1H3. The zero-order valence-corrected chi connectivity index (χ0v) is 8.17. The largest absolute Gasteiger partial charge is 0.451 e. The van der Waals surface area contributed by atoms with E-state index in [1.165, 1.54) is 0 Å². The average Bonchev–Trinajstić information content (AvgIpc) is 2.48. The molecule has 1 aliphatic heterocycles. The Bertz CT molecular complexity index is 357.